The number of rotatable bonds is 4. The number of carbonyl (C=O) groups excluding carboxylic acids is 1. The highest BCUT2D eigenvalue weighted by Gasteiger charge is 2.09. The van der Waals surface area contributed by atoms with Crippen LogP contribution in [-0.2, 0) is 6.54 Å². The number of ether oxygens (including phenoxy) is 1. The number of fused-ring (bicyclic) bond motifs is 1. The number of hydrogen-bond acceptors (Lipinski definition) is 4. The Balaban J connectivity index is 1.62. The quantitative estimate of drug-likeness (QED) is 0.762. The van der Waals surface area contributed by atoms with Crippen molar-refractivity contribution in [1.29, 1.82) is 0 Å². The first kappa shape index (κ1) is 15.2. The van der Waals surface area contributed by atoms with Crippen LogP contribution in [0.1, 0.15) is 5.69 Å². The maximum Gasteiger partial charge on any atom is 0.319 e. The summed E-state index contributed by atoms with van der Waals surface area (Å²) in [5, 5.41) is 10.7. The second-order valence-electron chi connectivity index (χ2n) is 4.78. The van der Waals surface area contributed by atoms with Gasteiger partial charge in [-0.3, -0.25) is 0 Å². The van der Waals surface area contributed by atoms with Crippen LogP contribution in [-0.4, -0.2) is 18.3 Å². The largest absolute Gasteiger partial charge is 0.495 e. The van der Waals surface area contributed by atoms with Crippen LogP contribution in [0.15, 0.2) is 47.0 Å². The number of para-hydroxylation sites is 1. The molecule has 6 nitrogen and oxygen atoms in total. The maximum absolute atomic E-state index is 12.0. The normalized spacial score (nSPS) is 10.5. The van der Waals surface area contributed by atoms with E-state index in [0.717, 1.165) is 5.39 Å². The van der Waals surface area contributed by atoms with E-state index in [2.05, 4.69) is 15.8 Å². The number of urea groups is 1. The van der Waals surface area contributed by atoms with Crippen molar-refractivity contribution in [3.05, 3.63) is 53.2 Å². The van der Waals surface area contributed by atoms with Crippen molar-refractivity contribution in [3.63, 3.8) is 0 Å². The zero-order chi connectivity index (χ0) is 16.2. The van der Waals surface area contributed by atoms with E-state index in [1.807, 2.05) is 24.3 Å². The molecule has 0 aliphatic carbocycles. The van der Waals surface area contributed by atoms with Gasteiger partial charge in [0.1, 0.15) is 11.4 Å². The zero-order valence-corrected chi connectivity index (χ0v) is 13.1. The molecule has 118 valence electrons. The van der Waals surface area contributed by atoms with Crippen molar-refractivity contribution in [2.75, 3.05) is 12.4 Å². The van der Waals surface area contributed by atoms with E-state index in [1.54, 1.807) is 18.2 Å². The summed E-state index contributed by atoms with van der Waals surface area (Å²) in [7, 11) is 1.53. The van der Waals surface area contributed by atoms with Gasteiger partial charge in [0.25, 0.3) is 0 Å². The molecule has 3 rings (SSSR count). The number of nitrogens with zero attached hydrogens (tertiary/aromatic N) is 1. The van der Waals surface area contributed by atoms with Crippen LogP contribution in [0.2, 0.25) is 5.02 Å². The minimum atomic E-state index is -0.363. The van der Waals surface area contributed by atoms with Gasteiger partial charge in [-0.05, 0) is 30.3 Å². The molecule has 0 radical (unpaired) electrons. The molecule has 3 aromatic rings. The summed E-state index contributed by atoms with van der Waals surface area (Å²) < 4.78 is 10.3. The number of anilines is 1. The molecule has 0 aliphatic rings. The van der Waals surface area contributed by atoms with Crippen LogP contribution in [0.25, 0.3) is 11.0 Å². The van der Waals surface area contributed by atoms with Crippen LogP contribution in [0.4, 0.5) is 10.5 Å². The Morgan fingerprint density at radius 2 is 2.13 bits per heavy atom. The standard InChI is InChI=1S/C16H14ClN3O3/c1-22-15-7-6-10(8-12(15)17)19-16(21)18-9-13-11-4-2-3-5-14(11)23-20-13/h2-8H,9H2,1H3,(H2,18,19,21). The topological polar surface area (TPSA) is 76.4 Å². The lowest BCUT2D eigenvalue weighted by atomic mass is 10.2. The van der Waals surface area contributed by atoms with E-state index in [-0.39, 0.29) is 12.6 Å². The number of aromatic nitrogens is 1. The molecule has 0 unspecified atom stereocenters. The van der Waals surface area contributed by atoms with Crippen molar-refractivity contribution in [2.45, 2.75) is 6.54 Å². The average Bonchev–Trinajstić information content (AvgIpc) is 2.96. The first-order valence-corrected chi connectivity index (χ1v) is 7.27. The van der Waals surface area contributed by atoms with Gasteiger partial charge in [0, 0.05) is 11.1 Å². The Labute approximate surface area is 137 Å². The molecule has 23 heavy (non-hydrogen) atoms. The van der Waals surface area contributed by atoms with Gasteiger partial charge in [0.05, 0.1) is 18.7 Å². The fourth-order valence-corrected chi connectivity index (χ4v) is 2.41. The van der Waals surface area contributed by atoms with Gasteiger partial charge in [-0.1, -0.05) is 28.9 Å². The number of carbonyl (C=O) groups is 1. The fourth-order valence-electron chi connectivity index (χ4n) is 2.15. The summed E-state index contributed by atoms with van der Waals surface area (Å²) in [5.41, 5.74) is 1.92. The second-order valence-corrected chi connectivity index (χ2v) is 5.19. The Morgan fingerprint density at radius 1 is 1.30 bits per heavy atom. The molecule has 0 aliphatic heterocycles. The second kappa shape index (κ2) is 6.58. The fraction of sp³-hybridized carbons (Fsp3) is 0.125. The van der Waals surface area contributed by atoms with Gasteiger partial charge < -0.3 is 19.9 Å². The third kappa shape index (κ3) is 3.37. The summed E-state index contributed by atoms with van der Waals surface area (Å²) in [4.78, 5) is 12.0. The van der Waals surface area contributed by atoms with Crippen LogP contribution in [0.5, 0.6) is 5.75 Å². The number of nitrogens with one attached hydrogen (secondary N) is 2. The van der Waals surface area contributed by atoms with Gasteiger partial charge in [-0.2, -0.15) is 0 Å². The lowest BCUT2D eigenvalue weighted by molar-refractivity contribution is 0.251. The van der Waals surface area contributed by atoms with Gasteiger partial charge in [0.2, 0.25) is 0 Å². The van der Waals surface area contributed by atoms with E-state index < -0.39 is 0 Å². The molecule has 1 heterocycles. The Bertz CT molecular complexity index is 847. The summed E-state index contributed by atoms with van der Waals surface area (Å²) in [6.07, 6.45) is 0. The molecular formula is C16H14ClN3O3. The maximum atomic E-state index is 12.0. The number of halogens is 1. The molecule has 2 aromatic carbocycles. The minimum absolute atomic E-state index is 0.257. The molecule has 0 saturated carbocycles. The monoisotopic (exact) mass is 331 g/mol. The van der Waals surface area contributed by atoms with Crippen molar-refractivity contribution in [3.8, 4) is 5.75 Å². The van der Waals surface area contributed by atoms with Crippen molar-refractivity contribution < 1.29 is 14.1 Å². The number of amides is 2. The predicted octanol–water partition coefficient (Wildman–Crippen LogP) is 3.81. The summed E-state index contributed by atoms with van der Waals surface area (Å²) in [5.74, 6) is 0.548. The zero-order valence-electron chi connectivity index (χ0n) is 12.3. The predicted molar refractivity (Wildman–Crippen MR) is 87.9 cm³/mol. The lowest BCUT2D eigenvalue weighted by Crippen LogP contribution is -2.28. The Kier molecular flexibility index (Phi) is 4.34. The van der Waals surface area contributed by atoms with E-state index in [4.69, 9.17) is 20.9 Å². The summed E-state index contributed by atoms with van der Waals surface area (Å²) in [6, 6.07) is 12.1. The van der Waals surface area contributed by atoms with E-state index in [0.29, 0.717) is 27.7 Å². The average molecular weight is 332 g/mol. The van der Waals surface area contributed by atoms with E-state index in [1.165, 1.54) is 7.11 Å². The Morgan fingerprint density at radius 3 is 2.91 bits per heavy atom. The van der Waals surface area contributed by atoms with Gasteiger partial charge in [0.15, 0.2) is 5.58 Å². The highest BCUT2D eigenvalue weighted by atomic mass is 35.5. The van der Waals surface area contributed by atoms with Gasteiger partial charge >= 0.3 is 6.03 Å². The number of methoxy groups -OCH3 is 1. The molecule has 0 saturated heterocycles. The smallest absolute Gasteiger partial charge is 0.319 e. The third-order valence-electron chi connectivity index (χ3n) is 3.28. The highest BCUT2D eigenvalue weighted by Crippen LogP contribution is 2.27. The van der Waals surface area contributed by atoms with Crippen LogP contribution in [0.3, 0.4) is 0 Å². The van der Waals surface area contributed by atoms with Crippen molar-refractivity contribution >= 4 is 34.3 Å². The van der Waals surface area contributed by atoms with Crippen LogP contribution < -0.4 is 15.4 Å². The van der Waals surface area contributed by atoms with Crippen molar-refractivity contribution in [1.82, 2.24) is 10.5 Å². The first-order chi connectivity index (χ1) is 11.2. The van der Waals surface area contributed by atoms with Crippen LogP contribution >= 0.6 is 11.6 Å². The molecule has 2 amide bonds. The summed E-state index contributed by atoms with van der Waals surface area (Å²) >= 11 is 6.02. The molecule has 0 fully saturated rings. The third-order valence-corrected chi connectivity index (χ3v) is 3.57. The molecule has 7 heteroatoms. The van der Waals surface area contributed by atoms with E-state index >= 15 is 0 Å². The minimum Gasteiger partial charge on any atom is -0.495 e. The number of benzene rings is 2. The molecular weight excluding hydrogens is 318 g/mol. The molecule has 1 aromatic heterocycles. The molecule has 0 spiro atoms. The summed E-state index contributed by atoms with van der Waals surface area (Å²) in [6.45, 7) is 0.257. The van der Waals surface area contributed by atoms with Gasteiger partial charge in [-0.25, -0.2) is 4.79 Å². The first-order valence-electron chi connectivity index (χ1n) is 6.89. The Hall–Kier alpha value is -2.73. The van der Waals surface area contributed by atoms with Gasteiger partial charge in [-0.15, -0.1) is 0 Å². The lowest BCUT2D eigenvalue weighted by Gasteiger charge is -2.08. The number of hydrogen-bond donors (Lipinski definition) is 2. The molecule has 2 N–H and O–H groups in total. The van der Waals surface area contributed by atoms with Crippen LogP contribution in [0, 0.1) is 0 Å². The van der Waals surface area contributed by atoms with Crippen molar-refractivity contribution in [2.24, 2.45) is 0 Å². The highest BCUT2D eigenvalue weighted by molar-refractivity contribution is 6.32. The molecule has 0 bridgehead atoms. The molecule has 0 atom stereocenters. The SMILES string of the molecule is COc1ccc(NC(=O)NCc2noc3ccccc23)cc1Cl. The van der Waals surface area contributed by atoms with E-state index in [9.17, 15) is 4.79 Å².